The third-order valence-corrected chi connectivity index (χ3v) is 3.26. The minimum Gasteiger partial charge on any atom is -0.383 e. The van der Waals surface area contributed by atoms with Gasteiger partial charge in [-0.3, -0.25) is 0 Å². The minimum atomic E-state index is -0.321. The number of aromatic amines is 1. The number of hydrogen-bond acceptors (Lipinski definition) is 3. The van der Waals surface area contributed by atoms with E-state index in [1.807, 2.05) is 13.8 Å². The average Bonchev–Trinajstić information content (AvgIpc) is 2.65. The summed E-state index contributed by atoms with van der Waals surface area (Å²) < 4.78 is 13.2. The number of nitrogens with two attached hydrogens (primary N) is 1. The highest BCUT2D eigenvalue weighted by Gasteiger charge is 2.13. The Morgan fingerprint density at radius 1 is 1.21 bits per heavy atom. The van der Waals surface area contributed by atoms with E-state index in [0.717, 1.165) is 16.6 Å². The highest BCUT2D eigenvalue weighted by molar-refractivity contribution is 5.91. The first-order valence-electron chi connectivity index (χ1n) is 5.94. The molecule has 0 bridgehead atoms. The summed E-state index contributed by atoms with van der Waals surface area (Å²) in [6.45, 7) is 3.92. The highest BCUT2D eigenvalue weighted by Crippen LogP contribution is 2.27. The average molecular weight is 256 g/mol. The number of halogens is 1. The Labute approximate surface area is 109 Å². The Morgan fingerprint density at radius 2 is 2.00 bits per heavy atom. The molecular weight excluding hydrogens is 243 g/mol. The second-order valence-corrected chi connectivity index (χ2v) is 4.54. The zero-order valence-corrected chi connectivity index (χ0v) is 10.7. The van der Waals surface area contributed by atoms with Crippen molar-refractivity contribution in [2.75, 3.05) is 5.73 Å². The number of hydrogen-bond donors (Lipinski definition) is 2. The second-order valence-electron chi connectivity index (χ2n) is 4.54. The van der Waals surface area contributed by atoms with E-state index in [2.05, 4.69) is 15.0 Å². The molecule has 0 radical (unpaired) electrons. The van der Waals surface area contributed by atoms with Crippen molar-refractivity contribution >= 4 is 16.9 Å². The van der Waals surface area contributed by atoms with Crippen molar-refractivity contribution in [3.8, 4) is 11.4 Å². The van der Waals surface area contributed by atoms with E-state index in [-0.39, 0.29) is 5.82 Å². The number of nitrogens with one attached hydrogen (secondary N) is 1. The van der Waals surface area contributed by atoms with Gasteiger partial charge >= 0.3 is 0 Å². The van der Waals surface area contributed by atoms with E-state index < -0.39 is 0 Å². The summed E-state index contributed by atoms with van der Waals surface area (Å²) in [4.78, 5) is 11.9. The fraction of sp³-hybridized carbons (Fsp3) is 0.143. The standard InChI is InChI=1S/C14H13FN4/c1-7-8(2)17-14-11(7)12(16)18-13(19-14)9-4-3-5-10(15)6-9/h3-6H,1-2H3,(H3,16,17,18,19). The third kappa shape index (κ3) is 1.83. The SMILES string of the molecule is Cc1[nH]c2nc(-c3cccc(F)c3)nc(N)c2c1C. The van der Waals surface area contributed by atoms with Crippen molar-refractivity contribution in [1.82, 2.24) is 15.0 Å². The predicted molar refractivity (Wildman–Crippen MR) is 73.2 cm³/mol. The quantitative estimate of drug-likeness (QED) is 0.703. The van der Waals surface area contributed by atoms with Crippen molar-refractivity contribution in [2.24, 2.45) is 0 Å². The lowest BCUT2D eigenvalue weighted by Gasteiger charge is -2.03. The second kappa shape index (κ2) is 4.05. The van der Waals surface area contributed by atoms with E-state index >= 15 is 0 Å². The number of anilines is 1. The monoisotopic (exact) mass is 256 g/mol. The Hall–Kier alpha value is -2.43. The molecule has 96 valence electrons. The van der Waals surface area contributed by atoms with Gasteiger partial charge in [0.2, 0.25) is 0 Å². The Bertz CT molecular complexity index is 776. The maximum absolute atomic E-state index is 13.2. The number of nitrogens with zero attached hydrogens (tertiary/aromatic N) is 2. The third-order valence-electron chi connectivity index (χ3n) is 3.26. The van der Waals surface area contributed by atoms with Crippen LogP contribution in [0.4, 0.5) is 10.2 Å². The molecule has 0 unspecified atom stereocenters. The molecule has 5 heteroatoms. The maximum Gasteiger partial charge on any atom is 0.164 e. The van der Waals surface area contributed by atoms with Crippen LogP contribution in [0, 0.1) is 19.7 Å². The van der Waals surface area contributed by atoms with Gasteiger partial charge in [0, 0.05) is 11.3 Å². The van der Waals surface area contributed by atoms with Gasteiger partial charge in [-0.05, 0) is 31.5 Å². The summed E-state index contributed by atoms with van der Waals surface area (Å²) >= 11 is 0. The molecule has 3 N–H and O–H groups in total. The number of fused-ring (bicyclic) bond motifs is 1. The number of nitrogen functional groups attached to an aromatic ring is 1. The van der Waals surface area contributed by atoms with Crippen LogP contribution in [-0.2, 0) is 0 Å². The molecule has 3 rings (SSSR count). The first kappa shape index (κ1) is 11.6. The Kier molecular flexibility index (Phi) is 2.48. The number of H-pyrrole nitrogens is 1. The molecule has 0 aliphatic heterocycles. The van der Waals surface area contributed by atoms with Gasteiger partial charge < -0.3 is 10.7 Å². The van der Waals surface area contributed by atoms with Crippen LogP contribution in [0.25, 0.3) is 22.4 Å². The van der Waals surface area contributed by atoms with E-state index in [1.54, 1.807) is 12.1 Å². The molecule has 19 heavy (non-hydrogen) atoms. The van der Waals surface area contributed by atoms with Crippen molar-refractivity contribution in [3.05, 3.63) is 41.3 Å². The molecule has 1 aromatic carbocycles. The van der Waals surface area contributed by atoms with E-state index in [9.17, 15) is 4.39 Å². The van der Waals surface area contributed by atoms with Crippen LogP contribution in [0.2, 0.25) is 0 Å². The lowest BCUT2D eigenvalue weighted by atomic mass is 10.2. The van der Waals surface area contributed by atoms with Gasteiger partial charge in [0.25, 0.3) is 0 Å². The van der Waals surface area contributed by atoms with Crippen LogP contribution in [0.15, 0.2) is 24.3 Å². The highest BCUT2D eigenvalue weighted by atomic mass is 19.1. The van der Waals surface area contributed by atoms with Gasteiger partial charge in [0.15, 0.2) is 5.82 Å². The van der Waals surface area contributed by atoms with Gasteiger partial charge in [0.1, 0.15) is 17.3 Å². The summed E-state index contributed by atoms with van der Waals surface area (Å²) in [6, 6.07) is 6.16. The molecular formula is C14H13FN4. The van der Waals surface area contributed by atoms with E-state index in [0.29, 0.717) is 22.9 Å². The van der Waals surface area contributed by atoms with E-state index in [1.165, 1.54) is 12.1 Å². The van der Waals surface area contributed by atoms with E-state index in [4.69, 9.17) is 5.73 Å². The molecule has 4 nitrogen and oxygen atoms in total. The molecule has 0 aliphatic carbocycles. The number of aryl methyl sites for hydroxylation is 2. The predicted octanol–water partition coefficient (Wildman–Crippen LogP) is 2.96. The van der Waals surface area contributed by atoms with Crippen LogP contribution in [0.5, 0.6) is 0 Å². The van der Waals surface area contributed by atoms with Crippen molar-refractivity contribution < 1.29 is 4.39 Å². The number of aromatic nitrogens is 3. The number of rotatable bonds is 1. The summed E-state index contributed by atoms with van der Waals surface area (Å²) in [5, 5.41) is 0.831. The topological polar surface area (TPSA) is 67.6 Å². The zero-order chi connectivity index (χ0) is 13.6. The smallest absolute Gasteiger partial charge is 0.164 e. The van der Waals surface area contributed by atoms with Crippen molar-refractivity contribution in [3.63, 3.8) is 0 Å². The van der Waals surface area contributed by atoms with Crippen LogP contribution in [-0.4, -0.2) is 15.0 Å². The van der Waals surface area contributed by atoms with Crippen molar-refractivity contribution in [2.45, 2.75) is 13.8 Å². The molecule has 0 aliphatic rings. The molecule has 0 fully saturated rings. The fourth-order valence-electron chi connectivity index (χ4n) is 2.15. The summed E-state index contributed by atoms with van der Waals surface area (Å²) in [5.41, 5.74) is 9.32. The first-order chi connectivity index (χ1) is 9.06. The molecule has 0 atom stereocenters. The van der Waals surface area contributed by atoms with Gasteiger partial charge in [-0.25, -0.2) is 14.4 Å². The molecule has 2 aromatic heterocycles. The number of benzene rings is 1. The summed E-state index contributed by atoms with van der Waals surface area (Å²) in [5.74, 6) is 0.510. The fourth-order valence-corrected chi connectivity index (χ4v) is 2.15. The van der Waals surface area contributed by atoms with Crippen LogP contribution in [0.3, 0.4) is 0 Å². The largest absolute Gasteiger partial charge is 0.383 e. The molecule has 0 saturated carbocycles. The van der Waals surface area contributed by atoms with Gasteiger partial charge in [-0.1, -0.05) is 12.1 Å². The zero-order valence-electron chi connectivity index (χ0n) is 10.7. The lowest BCUT2D eigenvalue weighted by Crippen LogP contribution is -1.97. The summed E-state index contributed by atoms with van der Waals surface area (Å²) in [7, 11) is 0. The minimum absolute atomic E-state index is 0.321. The van der Waals surface area contributed by atoms with Gasteiger partial charge in [0.05, 0.1) is 5.39 Å². The first-order valence-corrected chi connectivity index (χ1v) is 5.94. The lowest BCUT2D eigenvalue weighted by molar-refractivity contribution is 0.628. The summed E-state index contributed by atoms with van der Waals surface area (Å²) in [6.07, 6.45) is 0. The van der Waals surface area contributed by atoms with Crippen LogP contribution >= 0.6 is 0 Å². The maximum atomic E-state index is 13.2. The van der Waals surface area contributed by atoms with Gasteiger partial charge in [-0.15, -0.1) is 0 Å². The van der Waals surface area contributed by atoms with Crippen LogP contribution in [0.1, 0.15) is 11.3 Å². The van der Waals surface area contributed by atoms with Crippen LogP contribution < -0.4 is 5.73 Å². The molecule has 0 spiro atoms. The molecule has 3 aromatic rings. The Morgan fingerprint density at radius 3 is 2.74 bits per heavy atom. The normalized spacial score (nSPS) is 11.1. The molecule has 0 saturated heterocycles. The van der Waals surface area contributed by atoms with Gasteiger partial charge in [-0.2, -0.15) is 0 Å². The molecule has 0 amide bonds. The van der Waals surface area contributed by atoms with Crippen molar-refractivity contribution in [1.29, 1.82) is 0 Å². The molecule has 2 heterocycles. The Balaban J connectivity index is 2.27.